The van der Waals surface area contributed by atoms with Crippen LogP contribution in [-0.2, 0) is 17.8 Å². The largest absolute Gasteiger partial charge is 0.480 e. The molecule has 1 rings (SSSR count). The Labute approximate surface area is 87.1 Å². The number of carboxylic acid groups (broad SMARTS) is 1. The lowest BCUT2D eigenvalue weighted by atomic mass is 10.1. The van der Waals surface area contributed by atoms with E-state index in [-0.39, 0.29) is 12.0 Å². The third-order valence-corrected chi connectivity index (χ3v) is 2.16. The molecule has 1 heterocycles. The molecule has 0 aliphatic heterocycles. The average Bonchev–Trinajstić information content (AvgIpc) is 2.20. The summed E-state index contributed by atoms with van der Waals surface area (Å²) in [6.45, 7) is 2.41. The van der Waals surface area contributed by atoms with Gasteiger partial charge < -0.3 is 15.4 Å². The number of carbonyl (C=O) groups is 1. The van der Waals surface area contributed by atoms with Gasteiger partial charge in [-0.1, -0.05) is 6.07 Å². The minimum atomic E-state index is -1.04. The zero-order chi connectivity index (χ0) is 11.4. The summed E-state index contributed by atoms with van der Waals surface area (Å²) in [5.74, 6) is -1.04. The fourth-order valence-corrected chi connectivity index (χ4v) is 1.29. The highest BCUT2D eigenvalue weighted by Crippen LogP contribution is 2.00. The number of nitrogens with zero attached hydrogens (tertiary/aromatic N) is 1. The van der Waals surface area contributed by atoms with Crippen LogP contribution in [0.5, 0.6) is 0 Å². The number of hydrogen-bond acceptors (Lipinski definition) is 3. The summed E-state index contributed by atoms with van der Waals surface area (Å²) in [7, 11) is 0. The molecule has 82 valence electrons. The van der Waals surface area contributed by atoms with Crippen molar-refractivity contribution in [2.24, 2.45) is 5.73 Å². The van der Waals surface area contributed by atoms with Gasteiger partial charge in [-0.3, -0.25) is 9.59 Å². The molecule has 5 nitrogen and oxygen atoms in total. The molecular formula is C10H14N2O3. The van der Waals surface area contributed by atoms with Crippen molar-refractivity contribution in [3.05, 3.63) is 34.2 Å². The minimum absolute atomic E-state index is 0.0925. The van der Waals surface area contributed by atoms with Gasteiger partial charge in [0.15, 0.2) is 0 Å². The van der Waals surface area contributed by atoms with Gasteiger partial charge in [0.25, 0.3) is 5.56 Å². The predicted molar refractivity (Wildman–Crippen MR) is 55.7 cm³/mol. The van der Waals surface area contributed by atoms with E-state index in [2.05, 4.69) is 0 Å². The lowest BCUT2D eigenvalue weighted by Crippen LogP contribution is -2.32. The smallest absolute Gasteiger partial charge is 0.320 e. The Morgan fingerprint density at radius 2 is 2.27 bits per heavy atom. The van der Waals surface area contributed by atoms with Crippen molar-refractivity contribution >= 4 is 5.97 Å². The minimum Gasteiger partial charge on any atom is -0.480 e. The average molecular weight is 210 g/mol. The highest BCUT2D eigenvalue weighted by molar-refractivity contribution is 5.73. The van der Waals surface area contributed by atoms with Gasteiger partial charge in [0.1, 0.15) is 6.04 Å². The Bertz CT molecular complexity index is 411. The summed E-state index contributed by atoms with van der Waals surface area (Å²) >= 11 is 0. The molecule has 1 aromatic rings. The third kappa shape index (κ3) is 2.92. The van der Waals surface area contributed by atoms with Gasteiger partial charge in [0.2, 0.25) is 0 Å². The van der Waals surface area contributed by atoms with Crippen LogP contribution >= 0.6 is 0 Å². The maximum absolute atomic E-state index is 11.2. The Morgan fingerprint density at radius 3 is 2.80 bits per heavy atom. The summed E-state index contributed by atoms with van der Waals surface area (Å²) in [4.78, 5) is 21.8. The van der Waals surface area contributed by atoms with E-state index in [9.17, 15) is 9.59 Å². The van der Waals surface area contributed by atoms with E-state index in [0.29, 0.717) is 6.54 Å². The molecule has 0 fully saturated rings. The highest BCUT2D eigenvalue weighted by Gasteiger charge is 2.12. The van der Waals surface area contributed by atoms with Crippen LogP contribution in [0.3, 0.4) is 0 Å². The fraction of sp³-hybridized carbons (Fsp3) is 0.400. The molecule has 15 heavy (non-hydrogen) atoms. The number of carboxylic acids is 1. The second-order valence-electron chi connectivity index (χ2n) is 3.31. The van der Waals surface area contributed by atoms with Crippen LogP contribution in [0.2, 0.25) is 0 Å². The number of nitrogens with two attached hydrogens (primary N) is 1. The van der Waals surface area contributed by atoms with Gasteiger partial charge >= 0.3 is 5.97 Å². The molecule has 0 aliphatic rings. The lowest BCUT2D eigenvalue weighted by Gasteiger charge is -2.08. The van der Waals surface area contributed by atoms with Crippen LogP contribution in [0.4, 0.5) is 0 Å². The SMILES string of the molecule is CCn1cc(C[C@@H](N)C(=O)O)ccc1=O. The third-order valence-electron chi connectivity index (χ3n) is 2.16. The molecule has 0 aromatic carbocycles. The number of pyridine rings is 1. The summed E-state index contributed by atoms with van der Waals surface area (Å²) in [6.07, 6.45) is 1.88. The number of hydrogen-bond donors (Lipinski definition) is 2. The summed E-state index contributed by atoms with van der Waals surface area (Å²) < 4.78 is 1.52. The molecule has 3 N–H and O–H groups in total. The molecule has 0 saturated carbocycles. The summed E-state index contributed by atoms with van der Waals surface area (Å²) in [6, 6.07) is 2.11. The molecule has 0 bridgehead atoms. The number of aliphatic carboxylic acids is 1. The maximum Gasteiger partial charge on any atom is 0.320 e. The van der Waals surface area contributed by atoms with Gasteiger partial charge in [-0.2, -0.15) is 0 Å². The molecule has 1 atom stereocenters. The summed E-state index contributed by atoms with van der Waals surface area (Å²) in [5.41, 5.74) is 6.05. The first kappa shape index (κ1) is 11.5. The lowest BCUT2D eigenvalue weighted by molar-refractivity contribution is -0.138. The van der Waals surface area contributed by atoms with Crippen molar-refractivity contribution in [1.29, 1.82) is 0 Å². The van der Waals surface area contributed by atoms with Crippen LogP contribution in [0.1, 0.15) is 12.5 Å². The number of aryl methyl sites for hydroxylation is 1. The fourth-order valence-electron chi connectivity index (χ4n) is 1.29. The summed E-state index contributed by atoms with van der Waals surface area (Å²) in [5, 5.41) is 8.63. The predicted octanol–water partition coefficient (Wildman–Crippen LogP) is -0.177. The van der Waals surface area contributed by atoms with E-state index in [1.54, 1.807) is 12.3 Å². The van der Waals surface area contributed by atoms with Crippen molar-refractivity contribution in [2.45, 2.75) is 25.9 Å². The van der Waals surface area contributed by atoms with Crippen LogP contribution in [0.15, 0.2) is 23.1 Å². The Hall–Kier alpha value is -1.62. The molecule has 0 unspecified atom stereocenters. The first-order chi connectivity index (χ1) is 7.04. The van der Waals surface area contributed by atoms with Crippen molar-refractivity contribution < 1.29 is 9.90 Å². The second-order valence-corrected chi connectivity index (χ2v) is 3.31. The molecule has 1 aromatic heterocycles. The van der Waals surface area contributed by atoms with E-state index in [4.69, 9.17) is 10.8 Å². The first-order valence-corrected chi connectivity index (χ1v) is 4.72. The highest BCUT2D eigenvalue weighted by atomic mass is 16.4. The Kier molecular flexibility index (Phi) is 3.62. The van der Waals surface area contributed by atoms with Gasteiger partial charge in [-0.15, -0.1) is 0 Å². The van der Waals surface area contributed by atoms with Crippen molar-refractivity contribution in [2.75, 3.05) is 0 Å². The van der Waals surface area contributed by atoms with E-state index in [0.717, 1.165) is 5.56 Å². The van der Waals surface area contributed by atoms with Gasteiger partial charge in [-0.05, 0) is 18.9 Å². The van der Waals surface area contributed by atoms with Crippen LogP contribution < -0.4 is 11.3 Å². The molecule has 0 radical (unpaired) electrons. The zero-order valence-electron chi connectivity index (χ0n) is 8.51. The van der Waals surface area contributed by atoms with E-state index < -0.39 is 12.0 Å². The van der Waals surface area contributed by atoms with Crippen LogP contribution in [0.25, 0.3) is 0 Å². The zero-order valence-corrected chi connectivity index (χ0v) is 8.51. The van der Waals surface area contributed by atoms with Crippen LogP contribution in [0, 0.1) is 0 Å². The Morgan fingerprint density at radius 1 is 1.60 bits per heavy atom. The van der Waals surface area contributed by atoms with Crippen LogP contribution in [-0.4, -0.2) is 21.7 Å². The number of rotatable bonds is 4. The van der Waals surface area contributed by atoms with Gasteiger partial charge in [0, 0.05) is 18.8 Å². The first-order valence-electron chi connectivity index (χ1n) is 4.72. The standard InChI is InChI=1S/C10H14N2O3/c1-2-12-6-7(3-4-9(12)13)5-8(11)10(14)15/h3-4,6,8H,2,5,11H2,1H3,(H,14,15)/t8-/m1/s1. The molecule has 5 heteroatoms. The maximum atomic E-state index is 11.2. The van der Waals surface area contributed by atoms with Gasteiger partial charge in [0.05, 0.1) is 0 Å². The van der Waals surface area contributed by atoms with Crippen molar-refractivity contribution in [1.82, 2.24) is 4.57 Å². The van der Waals surface area contributed by atoms with Crippen molar-refractivity contribution in [3.8, 4) is 0 Å². The monoisotopic (exact) mass is 210 g/mol. The molecule has 0 aliphatic carbocycles. The second kappa shape index (κ2) is 4.75. The van der Waals surface area contributed by atoms with E-state index in [1.165, 1.54) is 10.6 Å². The molecular weight excluding hydrogens is 196 g/mol. The quantitative estimate of drug-likeness (QED) is 0.722. The topological polar surface area (TPSA) is 85.3 Å². The van der Waals surface area contributed by atoms with Gasteiger partial charge in [-0.25, -0.2) is 0 Å². The molecule has 0 saturated heterocycles. The van der Waals surface area contributed by atoms with E-state index >= 15 is 0 Å². The molecule has 0 amide bonds. The Balaban J connectivity index is 2.87. The van der Waals surface area contributed by atoms with Crippen molar-refractivity contribution in [3.63, 3.8) is 0 Å². The number of aromatic nitrogens is 1. The van der Waals surface area contributed by atoms with E-state index in [1.807, 2.05) is 6.92 Å². The molecule has 0 spiro atoms. The normalized spacial score (nSPS) is 12.4.